The summed E-state index contributed by atoms with van der Waals surface area (Å²) in [6, 6.07) is 5.17. The molecule has 0 unspecified atom stereocenters. The Bertz CT molecular complexity index is 782. The van der Waals surface area contributed by atoms with Gasteiger partial charge in [-0.3, -0.25) is 9.59 Å². The van der Waals surface area contributed by atoms with E-state index in [4.69, 9.17) is 12.2 Å². The standard InChI is InChI=1S/C15H20N6O2S/c1-3-5-13(22)16-10-7-8-12(21-15(24)18-19-20-21)11(9-10)17-14(23)6-4-2/h7-9H,3-6H2,1-2H3,(H,16,22)(H,17,23)(H,18,20,24). The van der Waals surface area contributed by atoms with E-state index in [0.717, 1.165) is 12.8 Å². The number of aromatic nitrogens is 4. The van der Waals surface area contributed by atoms with Crippen LogP contribution in [0.25, 0.3) is 5.69 Å². The Hall–Kier alpha value is -2.55. The fourth-order valence-electron chi connectivity index (χ4n) is 2.15. The van der Waals surface area contributed by atoms with Crippen molar-refractivity contribution >= 4 is 35.4 Å². The van der Waals surface area contributed by atoms with Crippen molar-refractivity contribution in [2.45, 2.75) is 39.5 Å². The third-order valence-corrected chi connectivity index (χ3v) is 3.49. The zero-order valence-corrected chi connectivity index (χ0v) is 14.4. The Morgan fingerprint density at radius 1 is 1.17 bits per heavy atom. The quantitative estimate of drug-likeness (QED) is 0.667. The molecule has 0 bridgehead atoms. The molecule has 8 nitrogen and oxygen atoms in total. The van der Waals surface area contributed by atoms with E-state index >= 15 is 0 Å². The maximum Gasteiger partial charge on any atom is 0.242 e. The van der Waals surface area contributed by atoms with Crippen LogP contribution >= 0.6 is 12.2 Å². The molecular weight excluding hydrogens is 328 g/mol. The molecule has 2 amide bonds. The molecule has 1 heterocycles. The normalized spacial score (nSPS) is 10.4. The number of amides is 2. The van der Waals surface area contributed by atoms with Gasteiger partial charge in [-0.15, -0.1) is 0 Å². The number of hydrogen-bond donors (Lipinski definition) is 3. The highest BCUT2D eigenvalue weighted by Crippen LogP contribution is 2.24. The zero-order chi connectivity index (χ0) is 17.5. The smallest absolute Gasteiger partial charge is 0.242 e. The van der Waals surface area contributed by atoms with Crippen LogP contribution in [0.5, 0.6) is 0 Å². The van der Waals surface area contributed by atoms with Gasteiger partial charge in [-0.05, 0) is 43.3 Å². The largest absolute Gasteiger partial charge is 0.326 e. The molecule has 9 heteroatoms. The van der Waals surface area contributed by atoms with E-state index in [-0.39, 0.29) is 16.6 Å². The van der Waals surface area contributed by atoms with Gasteiger partial charge in [0.25, 0.3) is 0 Å². The molecule has 0 fully saturated rings. The molecule has 24 heavy (non-hydrogen) atoms. The van der Waals surface area contributed by atoms with Crippen LogP contribution in [0.4, 0.5) is 11.4 Å². The van der Waals surface area contributed by atoms with Gasteiger partial charge in [-0.25, -0.2) is 4.68 Å². The van der Waals surface area contributed by atoms with Gasteiger partial charge < -0.3 is 10.6 Å². The van der Waals surface area contributed by atoms with Crippen LogP contribution in [-0.4, -0.2) is 32.0 Å². The number of aromatic amines is 1. The molecule has 0 saturated heterocycles. The molecule has 0 spiro atoms. The molecule has 0 saturated carbocycles. The maximum atomic E-state index is 12.0. The molecule has 1 aromatic carbocycles. The minimum absolute atomic E-state index is 0.0732. The Labute approximate surface area is 144 Å². The van der Waals surface area contributed by atoms with Crippen molar-refractivity contribution in [3.8, 4) is 5.69 Å². The lowest BCUT2D eigenvalue weighted by atomic mass is 10.2. The minimum atomic E-state index is -0.116. The second-order valence-corrected chi connectivity index (χ2v) is 5.61. The summed E-state index contributed by atoms with van der Waals surface area (Å²) in [6.07, 6.45) is 2.34. The van der Waals surface area contributed by atoms with Crippen LogP contribution in [0, 0.1) is 4.77 Å². The number of nitrogens with zero attached hydrogens (tertiary/aromatic N) is 3. The van der Waals surface area contributed by atoms with Crippen LogP contribution < -0.4 is 10.6 Å². The molecule has 1 aromatic heterocycles. The lowest BCUT2D eigenvalue weighted by Gasteiger charge is -2.13. The number of rotatable bonds is 7. The molecule has 3 N–H and O–H groups in total. The summed E-state index contributed by atoms with van der Waals surface area (Å²) in [7, 11) is 0. The first-order valence-electron chi connectivity index (χ1n) is 7.79. The maximum absolute atomic E-state index is 12.0. The number of benzene rings is 1. The number of H-pyrrole nitrogens is 1. The van der Waals surface area contributed by atoms with Crippen molar-refractivity contribution in [2.24, 2.45) is 0 Å². The van der Waals surface area contributed by atoms with E-state index in [0.29, 0.717) is 29.9 Å². The average Bonchev–Trinajstić information content (AvgIpc) is 2.94. The molecule has 0 aliphatic rings. The lowest BCUT2D eigenvalue weighted by molar-refractivity contribution is -0.117. The summed E-state index contributed by atoms with van der Waals surface area (Å²) in [5.74, 6) is -0.189. The van der Waals surface area contributed by atoms with E-state index < -0.39 is 0 Å². The molecular formula is C15H20N6O2S. The molecule has 0 aliphatic heterocycles. The zero-order valence-electron chi connectivity index (χ0n) is 13.6. The molecule has 0 aliphatic carbocycles. The van der Waals surface area contributed by atoms with Gasteiger partial charge >= 0.3 is 0 Å². The highest BCUT2D eigenvalue weighted by atomic mass is 32.1. The third kappa shape index (κ3) is 4.48. The van der Waals surface area contributed by atoms with Gasteiger partial charge in [-0.1, -0.05) is 24.2 Å². The SMILES string of the molecule is CCCC(=O)Nc1ccc(-n2[nH]nnc2=S)c(NC(=O)CCC)c1. The summed E-state index contributed by atoms with van der Waals surface area (Å²) >= 11 is 5.10. The fourth-order valence-corrected chi connectivity index (χ4v) is 2.33. The Morgan fingerprint density at radius 2 is 1.83 bits per heavy atom. The van der Waals surface area contributed by atoms with E-state index in [1.54, 1.807) is 18.2 Å². The predicted octanol–water partition coefficient (Wildman–Crippen LogP) is 2.80. The Morgan fingerprint density at radius 3 is 2.42 bits per heavy atom. The lowest BCUT2D eigenvalue weighted by Crippen LogP contribution is -2.15. The van der Waals surface area contributed by atoms with E-state index in [1.807, 2.05) is 13.8 Å². The Balaban J connectivity index is 2.36. The van der Waals surface area contributed by atoms with Crippen LogP contribution in [-0.2, 0) is 9.59 Å². The first kappa shape index (κ1) is 17.8. The van der Waals surface area contributed by atoms with E-state index in [1.165, 1.54) is 4.68 Å². The molecule has 0 atom stereocenters. The van der Waals surface area contributed by atoms with E-state index in [9.17, 15) is 9.59 Å². The van der Waals surface area contributed by atoms with Gasteiger partial charge in [0.05, 0.1) is 11.4 Å². The van der Waals surface area contributed by atoms with Crippen LogP contribution in [0.2, 0.25) is 0 Å². The van der Waals surface area contributed by atoms with Crippen LogP contribution in [0.3, 0.4) is 0 Å². The molecule has 128 valence electrons. The predicted molar refractivity (Wildman–Crippen MR) is 93.6 cm³/mol. The monoisotopic (exact) mass is 348 g/mol. The van der Waals surface area contributed by atoms with Crippen molar-refractivity contribution in [1.82, 2.24) is 20.2 Å². The van der Waals surface area contributed by atoms with Crippen molar-refractivity contribution in [3.05, 3.63) is 23.0 Å². The van der Waals surface area contributed by atoms with E-state index in [2.05, 4.69) is 26.2 Å². The topological polar surface area (TPSA) is 105 Å². The minimum Gasteiger partial charge on any atom is -0.326 e. The molecule has 0 radical (unpaired) electrons. The number of nitrogens with one attached hydrogen (secondary N) is 3. The summed E-state index contributed by atoms with van der Waals surface area (Å²) in [6.45, 7) is 3.86. The number of anilines is 2. The second-order valence-electron chi connectivity index (χ2n) is 5.25. The summed E-state index contributed by atoms with van der Waals surface area (Å²) in [5.41, 5.74) is 1.72. The van der Waals surface area contributed by atoms with Gasteiger partial charge in [-0.2, -0.15) is 5.21 Å². The molecule has 2 aromatic rings. The van der Waals surface area contributed by atoms with Crippen molar-refractivity contribution in [1.29, 1.82) is 0 Å². The van der Waals surface area contributed by atoms with Gasteiger partial charge in [0.15, 0.2) is 0 Å². The van der Waals surface area contributed by atoms with Crippen molar-refractivity contribution in [3.63, 3.8) is 0 Å². The van der Waals surface area contributed by atoms with Crippen molar-refractivity contribution < 1.29 is 9.59 Å². The second kappa shape index (κ2) is 8.34. The number of hydrogen-bond acceptors (Lipinski definition) is 5. The number of tetrazole rings is 1. The number of carbonyl (C=O) groups excluding carboxylic acids is 2. The summed E-state index contributed by atoms with van der Waals surface area (Å²) in [5, 5.41) is 15.7. The van der Waals surface area contributed by atoms with Crippen LogP contribution in [0.1, 0.15) is 39.5 Å². The van der Waals surface area contributed by atoms with Gasteiger partial charge in [0.2, 0.25) is 16.6 Å². The van der Waals surface area contributed by atoms with Gasteiger partial charge in [0, 0.05) is 18.5 Å². The summed E-state index contributed by atoms with van der Waals surface area (Å²) in [4.78, 5) is 23.7. The van der Waals surface area contributed by atoms with Gasteiger partial charge in [0.1, 0.15) is 0 Å². The summed E-state index contributed by atoms with van der Waals surface area (Å²) < 4.78 is 1.72. The first-order chi connectivity index (χ1) is 11.5. The first-order valence-corrected chi connectivity index (χ1v) is 8.20. The number of carbonyl (C=O) groups is 2. The highest BCUT2D eigenvalue weighted by Gasteiger charge is 2.12. The van der Waals surface area contributed by atoms with Crippen molar-refractivity contribution in [2.75, 3.05) is 10.6 Å². The van der Waals surface area contributed by atoms with Crippen LogP contribution in [0.15, 0.2) is 18.2 Å². The highest BCUT2D eigenvalue weighted by molar-refractivity contribution is 7.71. The Kier molecular flexibility index (Phi) is 6.19. The fraction of sp³-hybridized carbons (Fsp3) is 0.400. The molecule has 2 rings (SSSR count). The third-order valence-electron chi connectivity index (χ3n) is 3.22. The average molecular weight is 348 g/mol.